The lowest BCUT2D eigenvalue weighted by atomic mass is 10.2. The van der Waals surface area contributed by atoms with Gasteiger partial charge in [-0.05, 0) is 31.2 Å². The van der Waals surface area contributed by atoms with Gasteiger partial charge in [-0.2, -0.15) is 5.10 Å². The molecule has 0 spiro atoms. The van der Waals surface area contributed by atoms with Crippen molar-refractivity contribution in [3.8, 4) is 11.6 Å². The topological polar surface area (TPSA) is 89.3 Å². The summed E-state index contributed by atoms with van der Waals surface area (Å²) in [5, 5.41) is 12.4. The smallest absolute Gasteiger partial charge is 0.263 e. The summed E-state index contributed by atoms with van der Waals surface area (Å²) in [4.78, 5) is 20.3. The molecule has 0 saturated carbocycles. The summed E-state index contributed by atoms with van der Waals surface area (Å²) in [6.45, 7) is 3.92. The van der Waals surface area contributed by atoms with Gasteiger partial charge in [-0.25, -0.2) is 14.1 Å². The van der Waals surface area contributed by atoms with Crippen molar-refractivity contribution in [3.63, 3.8) is 0 Å². The van der Waals surface area contributed by atoms with E-state index < -0.39 is 11.9 Å². The monoisotopic (exact) mass is 397 g/mol. The number of carbonyl (C=O) groups excluding carboxylic acids is 1. The van der Waals surface area contributed by atoms with E-state index in [1.54, 1.807) is 30.3 Å². The maximum absolute atomic E-state index is 13.7. The second-order valence-electron chi connectivity index (χ2n) is 6.59. The summed E-state index contributed by atoms with van der Waals surface area (Å²) < 4.78 is 20.8. The second kappa shape index (κ2) is 8.21. The van der Waals surface area contributed by atoms with Crippen LogP contribution in [-0.2, 0) is 4.79 Å². The maximum atomic E-state index is 13.7. The number of anilines is 1. The molecular formula is C19H20FN7O2. The van der Waals surface area contributed by atoms with Gasteiger partial charge in [-0.3, -0.25) is 4.79 Å². The number of para-hydroxylation sites is 1. The lowest BCUT2D eigenvalue weighted by Crippen LogP contribution is -2.52. The first-order valence-corrected chi connectivity index (χ1v) is 9.25. The molecule has 0 radical (unpaired) electrons. The van der Waals surface area contributed by atoms with Crippen molar-refractivity contribution in [1.82, 2.24) is 29.9 Å². The van der Waals surface area contributed by atoms with Crippen molar-refractivity contribution in [2.75, 3.05) is 31.1 Å². The van der Waals surface area contributed by atoms with E-state index >= 15 is 0 Å². The van der Waals surface area contributed by atoms with Gasteiger partial charge in [0.05, 0.1) is 0 Å². The molecule has 1 aromatic carbocycles. The van der Waals surface area contributed by atoms with E-state index in [4.69, 9.17) is 4.74 Å². The Labute approximate surface area is 166 Å². The molecule has 0 aliphatic carbocycles. The Morgan fingerprint density at radius 3 is 2.45 bits per heavy atom. The molecule has 1 atom stereocenters. The Hall–Kier alpha value is -3.56. The number of rotatable bonds is 5. The van der Waals surface area contributed by atoms with E-state index in [2.05, 4.69) is 25.2 Å². The van der Waals surface area contributed by atoms with Gasteiger partial charge in [0, 0.05) is 26.2 Å². The highest BCUT2D eigenvalue weighted by atomic mass is 19.1. The molecule has 1 fully saturated rings. The van der Waals surface area contributed by atoms with E-state index in [9.17, 15) is 9.18 Å². The Balaban J connectivity index is 1.33. The molecule has 1 saturated heterocycles. The fourth-order valence-corrected chi connectivity index (χ4v) is 3.13. The zero-order chi connectivity index (χ0) is 20.2. The molecule has 4 rings (SSSR count). The Morgan fingerprint density at radius 1 is 1.07 bits per heavy atom. The minimum absolute atomic E-state index is 0.0785. The summed E-state index contributed by atoms with van der Waals surface area (Å²) in [7, 11) is 0. The first-order chi connectivity index (χ1) is 14.1. The molecule has 0 N–H and O–H groups in total. The van der Waals surface area contributed by atoms with Crippen LogP contribution in [0.4, 0.5) is 10.2 Å². The summed E-state index contributed by atoms with van der Waals surface area (Å²) in [6.07, 6.45) is 2.22. The number of halogens is 1. The summed E-state index contributed by atoms with van der Waals surface area (Å²) in [5.74, 6) is 0.746. The van der Waals surface area contributed by atoms with Crippen LogP contribution in [-0.4, -0.2) is 68.1 Å². The largest absolute Gasteiger partial charge is 0.478 e. The van der Waals surface area contributed by atoms with E-state index in [0.717, 1.165) is 5.82 Å². The number of nitrogens with zero attached hydrogens (tertiary/aromatic N) is 7. The van der Waals surface area contributed by atoms with Crippen LogP contribution in [0.1, 0.15) is 6.92 Å². The number of aromatic nitrogens is 5. The van der Waals surface area contributed by atoms with Crippen LogP contribution in [0.25, 0.3) is 5.82 Å². The lowest BCUT2D eigenvalue weighted by Gasteiger charge is -2.36. The fraction of sp³-hybridized carbons (Fsp3) is 0.316. The van der Waals surface area contributed by atoms with Crippen LogP contribution in [0.5, 0.6) is 5.75 Å². The average molecular weight is 397 g/mol. The summed E-state index contributed by atoms with van der Waals surface area (Å²) in [5.41, 5.74) is 0. The van der Waals surface area contributed by atoms with Crippen LogP contribution >= 0.6 is 0 Å². The molecule has 3 heterocycles. The first kappa shape index (κ1) is 18.8. The Morgan fingerprint density at radius 2 is 1.79 bits per heavy atom. The number of carbonyl (C=O) groups is 1. The predicted octanol–water partition coefficient (Wildman–Crippen LogP) is 1.31. The molecule has 1 aliphatic rings. The Bertz CT molecular complexity index is 957. The van der Waals surface area contributed by atoms with Gasteiger partial charge in [0.2, 0.25) is 0 Å². The zero-order valence-corrected chi connectivity index (χ0v) is 15.8. The normalized spacial score (nSPS) is 15.2. The highest BCUT2D eigenvalue weighted by molar-refractivity contribution is 5.81. The van der Waals surface area contributed by atoms with Crippen LogP contribution in [0.15, 0.2) is 49.1 Å². The highest BCUT2D eigenvalue weighted by Crippen LogP contribution is 2.19. The van der Waals surface area contributed by atoms with Crippen molar-refractivity contribution < 1.29 is 13.9 Å². The van der Waals surface area contributed by atoms with E-state index in [1.165, 1.54) is 23.1 Å². The second-order valence-corrected chi connectivity index (χ2v) is 6.59. The van der Waals surface area contributed by atoms with Gasteiger partial charge in [-0.15, -0.1) is 10.2 Å². The van der Waals surface area contributed by atoms with Gasteiger partial charge in [0.1, 0.15) is 12.7 Å². The number of amides is 1. The van der Waals surface area contributed by atoms with Crippen LogP contribution < -0.4 is 9.64 Å². The number of hydrogen-bond donors (Lipinski definition) is 0. The van der Waals surface area contributed by atoms with Crippen LogP contribution in [0.3, 0.4) is 0 Å². The highest BCUT2D eigenvalue weighted by Gasteiger charge is 2.27. The van der Waals surface area contributed by atoms with Gasteiger partial charge >= 0.3 is 0 Å². The van der Waals surface area contributed by atoms with Crippen molar-refractivity contribution in [1.29, 1.82) is 0 Å². The van der Waals surface area contributed by atoms with E-state index in [0.29, 0.717) is 32.0 Å². The van der Waals surface area contributed by atoms with Crippen molar-refractivity contribution in [2.24, 2.45) is 0 Å². The molecule has 9 nitrogen and oxygen atoms in total. The SMILES string of the molecule is CC(Oc1ccccc1F)C(=O)N1CCN(c2ccc(-n3cncn3)nn2)CC1. The molecule has 1 unspecified atom stereocenters. The number of piperazine rings is 1. The van der Waals surface area contributed by atoms with Crippen molar-refractivity contribution in [2.45, 2.75) is 13.0 Å². The summed E-state index contributed by atoms with van der Waals surface area (Å²) in [6, 6.07) is 9.75. The van der Waals surface area contributed by atoms with Gasteiger partial charge < -0.3 is 14.5 Å². The molecule has 29 heavy (non-hydrogen) atoms. The summed E-state index contributed by atoms with van der Waals surface area (Å²) >= 11 is 0. The third kappa shape index (κ3) is 4.15. The number of hydrogen-bond acceptors (Lipinski definition) is 7. The third-order valence-electron chi connectivity index (χ3n) is 4.69. The predicted molar refractivity (Wildman–Crippen MR) is 102 cm³/mol. The molecule has 10 heteroatoms. The molecular weight excluding hydrogens is 377 g/mol. The molecule has 150 valence electrons. The quantitative estimate of drug-likeness (QED) is 0.641. The minimum Gasteiger partial charge on any atom is -0.478 e. The molecule has 1 aliphatic heterocycles. The van der Waals surface area contributed by atoms with Gasteiger partial charge in [-0.1, -0.05) is 12.1 Å². The number of benzene rings is 1. The molecule has 0 bridgehead atoms. The van der Waals surface area contributed by atoms with E-state index in [1.807, 2.05) is 12.1 Å². The molecule has 2 aromatic heterocycles. The first-order valence-electron chi connectivity index (χ1n) is 9.25. The fourth-order valence-electron chi connectivity index (χ4n) is 3.13. The minimum atomic E-state index is -0.764. The molecule has 3 aromatic rings. The molecule has 1 amide bonds. The van der Waals surface area contributed by atoms with Crippen molar-refractivity contribution in [3.05, 3.63) is 54.9 Å². The lowest BCUT2D eigenvalue weighted by molar-refractivity contribution is -0.138. The zero-order valence-electron chi connectivity index (χ0n) is 15.8. The third-order valence-corrected chi connectivity index (χ3v) is 4.69. The van der Waals surface area contributed by atoms with Gasteiger partial charge in [0.25, 0.3) is 5.91 Å². The van der Waals surface area contributed by atoms with E-state index in [-0.39, 0.29) is 11.7 Å². The average Bonchev–Trinajstić information content (AvgIpc) is 3.30. The van der Waals surface area contributed by atoms with Gasteiger partial charge in [0.15, 0.2) is 29.3 Å². The van der Waals surface area contributed by atoms with Crippen LogP contribution in [0, 0.1) is 5.82 Å². The standard InChI is InChI=1S/C19H20FN7O2/c1-14(29-16-5-3-2-4-15(16)20)19(28)26-10-8-25(9-11-26)17-6-7-18(24-23-17)27-13-21-12-22-27/h2-7,12-14H,8-11H2,1H3. The van der Waals surface area contributed by atoms with Crippen molar-refractivity contribution >= 4 is 11.7 Å². The van der Waals surface area contributed by atoms with Crippen LogP contribution in [0.2, 0.25) is 0 Å². The number of ether oxygens (including phenoxy) is 1. The Kier molecular flexibility index (Phi) is 5.32. The maximum Gasteiger partial charge on any atom is 0.263 e.